The third-order valence-corrected chi connectivity index (χ3v) is 7.23. The number of hydrogen-bond donors (Lipinski definition) is 2. The van der Waals surface area contributed by atoms with Crippen molar-refractivity contribution in [2.24, 2.45) is 0 Å². The molecule has 2 aliphatic heterocycles. The van der Waals surface area contributed by atoms with Crippen LogP contribution in [0.15, 0.2) is 67.1 Å². The maximum atomic E-state index is 12.9. The molecule has 0 bridgehead atoms. The van der Waals surface area contributed by atoms with Crippen LogP contribution in [0, 0.1) is 0 Å². The molecule has 3 heterocycles. The van der Waals surface area contributed by atoms with Gasteiger partial charge in [-0.1, -0.05) is 36.4 Å². The summed E-state index contributed by atoms with van der Waals surface area (Å²) in [6.45, 7) is -0.00492. The summed E-state index contributed by atoms with van der Waals surface area (Å²) in [5.74, 6) is 0.559. The van der Waals surface area contributed by atoms with Crippen molar-refractivity contribution in [3.8, 4) is 16.9 Å². The second-order valence-corrected chi connectivity index (χ2v) is 9.64. The Balaban J connectivity index is 1.26. The minimum Gasteiger partial charge on any atom is -0.497 e. The molecule has 2 aliphatic rings. The Labute approximate surface area is 217 Å². The van der Waals surface area contributed by atoms with Gasteiger partial charge in [-0.2, -0.15) is 0 Å². The van der Waals surface area contributed by atoms with Gasteiger partial charge in [-0.3, -0.25) is 9.78 Å². The molecule has 37 heavy (non-hydrogen) atoms. The largest absolute Gasteiger partial charge is 0.497 e. The second kappa shape index (κ2) is 11.8. The Kier molecular flexibility index (Phi) is 8.08. The first kappa shape index (κ1) is 25.3. The normalized spacial score (nSPS) is 25.2. The lowest BCUT2D eigenvalue weighted by molar-refractivity contribution is -0.201. The summed E-state index contributed by atoms with van der Waals surface area (Å²) in [6.07, 6.45) is 7.79. The van der Waals surface area contributed by atoms with Crippen molar-refractivity contribution in [3.05, 3.63) is 78.4 Å². The van der Waals surface area contributed by atoms with Gasteiger partial charge >= 0.3 is 0 Å². The van der Waals surface area contributed by atoms with Crippen LogP contribution in [0.5, 0.6) is 5.75 Å². The molecule has 5 rings (SSSR count). The molecule has 1 amide bonds. The van der Waals surface area contributed by atoms with Crippen LogP contribution in [-0.4, -0.2) is 65.2 Å². The van der Waals surface area contributed by atoms with Crippen molar-refractivity contribution in [2.45, 2.75) is 62.6 Å². The lowest BCUT2D eigenvalue weighted by Gasteiger charge is -2.45. The summed E-state index contributed by atoms with van der Waals surface area (Å²) in [5.41, 5.74) is 3.72. The Bertz CT molecular complexity index is 1170. The molecule has 194 valence electrons. The number of nitrogens with zero attached hydrogens (tertiary/aromatic N) is 2. The first-order chi connectivity index (χ1) is 18.1. The number of aryl methyl sites for hydroxylation is 1. The van der Waals surface area contributed by atoms with Gasteiger partial charge in [0.15, 0.2) is 0 Å². The molecule has 0 aliphatic carbocycles. The number of amides is 1. The van der Waals surface area contributed by atoms with Crippen LogP contribution < -0.4 is 10.1 Å². The van der Waals surface area contributed by atoms with Gasteiger partial charge in [0.1, 0.15) is 11.4 Å². The fourth-order valence-corrected chi connectivity index (χ4v) is 5.21. The highest BCUT2D eigenvalue weighted by atomic mass is 16.6. The number of aromatic nitrogens is 2. The minimum absolute atomic E-state index is 0.00492. The molecular formula is C29H33N3O5. The summed E-state index contributed by atoms with van der Waals surface area (Å²) < 4.78 is 17.9. The Morgan fingerprint density at radius 2 is 1.95 bits per heavy atom. The summed E-state index contributed by atoms with van der Waals surface area (Å²) in [7, 11) is 1.67. The van der Waals surface area contributed by atoms with Crippen LogP contribution in [0.2, 0.25) is 0 Å². The van der Waals surface area contributed by atoms with Crippen LogP contribution in [0.3, 0.4) is 0 Å². The molecule has 2 N–H and O–H groups in total. The predicted octanol–water partition coefficient (Wildman–Crippen LogP) is 3.58. The number of ether oxygens (including phenoxy) is 3. The molecule has 3 aromatic rings. The van der Waals surface area contributed by atoms with Gasteiger partial charge < -0.3 is 24.6 Å². The molecular weight excluding hydrogens is 470 g/mol. The van der Waals surface area contributed by atoms with Gasteiger partial charge in [0.05, 0.1) is 50.4 Å². The van der Waals surface area contributed by atoms with E-state index < -0.39 is 0 Å². The summed E-state index contributed by atoms with van der Waals surface area (Å²) in [4.78, 5) is 21.0. The van der Waals surface area contributed by atoms with Crippen molar-refractivity contribution in [1.29, 1.82) is 0 Å². The first-order valence-electron chi connectivity index (χ1n) is 12.8. The lowest BCUT2D eigenvalue weighted by atomic mass is 9.88. The number of aliphatic hydroxyl groups is 1. The quantitative estimate of drug-likeness (QED) is 0.484. The van der Waals surface area contributed by atoms with Gasteiger partial charge in [-0.15, -0.1) is 0 Å². The van der Waals surface area contributed by atoms with Crippen molar-refractivity contribution >= 4 is 5.91 Å². The average molecular weight is 504 g/mol. The molecule has 5 atom stereocenters. The third-order valence-electron chi connectivity index (χ3n) is 7.23. The van der Waals surface area contributed by atoms with E-state index in [0.29, 0.717) is 6.42 Å². The zero-order valence-corrected chi connectivity index (χ0v) is 21.0. The van der Waals surface area contributed by atoms with Gasteiger partial charge in [-0.25, -0.2) is 4.98 Å². The average Bonchev–Trinajstić information content (AvgIpc) is 2.96. The highest BCUT2D eigenvalue weighted by Gasteiger charge is 2.42. The SMILES string of the molecule is COc1cccc(-c2ccc(CC[C@H]3O[C@H]4CC[C@H](CO)O[C@H]4C[C@@H]3NC(=O)c3cnccn3)cc2)c1. The smallest absolute Gasteiger partial charge is 0.271 e. The maximum Gasteiger partial charge on any atom is 0.271 e. The standard InChI is InChI=1S/C29H33N3O5/c1-35-22-4-2-3-21(15-22)20-8-5-19(6-9-20)7-11-26-24(32-29(34)25-17-30-13-14-31-25)16-28-27(37-26)12-10-23(18-33)36-28/h2-6,8-9,13-15,17,23-24,26-28,33H,7,10-12,16,18H2,1H3,(H,32,34)/t23-,24+,26-,27+,28+/m1/s1. The zero-order chi connectivity index (χ0) is 25.6. The molecule has 8 nitrogen and oxygen atoms in total. The number of aliphatic hydroxyl groups excluding tert-OH is 1. The minimum atomic E-state index is -0.276. The van der Waals surface area contributed by atoms with Gasteiger partial charge in [0.2, 0.25) is 0 Å². The van der Waals surface area contributed by atoms with E-state index in [1.807, 2.05) is 18.2 Å². The Hall–Kier alpha value is -3.33. The van der Waals surface area contributed by atoms with Gasteiger partial charge in [0.25, 0.3) is 5.91 Å². The van der Waals surface area contributed by atoms with Crippen molar-refractivity contribution < 1.29 is 24.1 Å². The number of benzene rings is 2. The fourth-order valence-electron chi connectivity index (χ4n) is 5.21. The number of hydrogen-bond acceptors (Lipinski definition) is 7. The first-order valence-corrected chi connectivity index (χ1v) is 12.8. The summed E-state index contributed by atoms with van der Waals surface area (Å²) in [5, 5.41) is 12.7. The zero-order valence-electron chi connectivity index (χ0n) is 21.0. The molecule has 1 aromatic heterocycles. The van der Waals surface area contributed by atoms with Crippen LogP contribution >= 0.6 is 0 Å². The number of carbonyl (C=O) groups excluding carboxylic acids is 1. The van der Waals surface area contributed by atoms with E-state index in [0.717, 1.165) is 42.6 Å². The van der Waals surface area contributed by atoms with Crippen LogP contribution in [0.4, 0.5) is 0 Å². The van der Waals surface area contributed by atoms with E-state index in [2.05, 4.69) is 45.6 Å². The van der Waals surface area contributed by atoms with E-state index in [1.54, 1.807) is 13.3 Å². The molecule has 0 radical (unpaired) electrons. The summed E-state index contributed by atoms with van der Waals surface area (Å²) in [6, 6.07) is 16.3. The fraction of sp³-hybridized carbons (Fsp3) is 0.414. The van der Waals surface area contributed by atoms with Crippen LogP contribution in [0.1, 0.15) is 41.7 Å². The number of carbonyl (C=O) groups is 1. The highest BCUT2D eigenvalue weighted by molar-refractivity contribution is 5.92. The van der Waals surface area contributed by atoms with Crippen LogP contribution in [0.25, 0.3) is 11.1 Å². The molecule has 2 fully saturated rings. The maximum absolute atomic E-state index is 12.9. The van der Waals surface area contributed by atoms with E-state index in [4.69, 9.17) is 14.2 Å². The van der Waals surface area contributed by atoms with Crippen LogP contribution in [-0.2, 0) is 15.9 Å². The van der Waals surface area contributed by atoms with Gasteiger partial charge in [-0.05, 0) is 60.9 Å². The summed E-state index contributed by atoms with van der Waals surface area (Å²) >= 11 is 0. The predicted molar refractivity (Wildman–Crippen MR) is 138 cm³/mol. The van der Waals surface area contributed by atoms with E-state index in [-0.39, 0.29) is 48.7 Å². The molecule has 0 unspecified atom stereocenters. The number of methoxy groups -OCH3 is 1. The third kappa shape index (κ3) is 6.15. The molecule has 0 saturated carbocycles. The second-order valence-electron chi connectivity index (χ2n) is 9.64. The lowest BCUT2D eigenvalue weighted by Crippen LogP contribution is -2.57. The number of nitrogens with one attached hydrogen (secondary N) is 1. The van der Waals surface area contributed by atoms with Crippen molar-refractivity contribution in [1.82, 2.24) is 15.3 Å². The van der Waals surface area contributed by atoms with Crippen molar-refractivity contribution in [3.63, 3.8) is 0 Å². The Morgan fingerprint density at radius 3 is 2.70 bits per heavy atom. The molecule has 8 heteroatoms. The molecule has 2 saturated heterocycles. The van der Waals surface area contributed by atoms with E-state index >= 15 is 0 Å². The molecule has 0 spiro atoms. The van der Waals surface area contributed by atoms with E-state index in [1.165, 1.54) is 18.0 Å². The number of fused-ring (bicyclic) bond motifs is 1. The monoisotopic (exact) mass is 503 g/mol. The molecule has 2 aromatic carbocycles. The van der Waals surface area contributed by atoms with E-state index in [9.17, 15) is 9.90 Å². The highest BCUT2D eigenvalue weighted by Crippen LogP contribution is 2.33. The Morgan fingerprint density at radius 1 is 1.08 bits per heavy atom. The number of rotatable bonds is 8. The van der Waals surface area contributed by atoms with Crippen molar-refractivity contribution in [2.75, 3.05) is 13.7 Å². The van der Waals surface area contributed by atoms with Gasteiger partial charge in [0, 0.05) is 12.4 Å². The topological polar surface area (TPSA) is 103 Å².